The Hall–Kier alpha value is -1.34. The predicted octanol–water partition coefficient (Wildman–Crippen LogP) is 10.0. The molecule has 1 N–H and O–H groups in total. The molecule has 1 heteroatoms. The Morgan fingerprint density at radius 1 is 0.538 bits per heavy atom. The van der Waals surface area contributed by atoms with E-state index < -0.39 is 0 Å². The number of rotatable bonds is 5. The summed E-state index contributed by atoms with van der Waals surface area (Å²) in [6.45, 7) is 2.47. The number of allylic oxidation sites excluding steroid dienone is 9. The van der Waals surface area contributed by atoms with Crippen molar-refractivity contribution in [1.82, 2.24) is 5.32 Å². The van der Waals surface area contributed by atoms with Gasteiger partial charge in [0.25, 0.3) is 0 Å². The summed E-state index contributed by atoms with van der Waals surface area (Å²) in [6.07, 6.45) is 40.2. The zero-order valence-corrected chi connectivity index (χ0v) is 24.8. The fourth-order valence-electron chi connectivity index (χ4n) is 10.6. The van der Waals surface area contributed by atoms with E-state index in [4.69, 9.17) is 0 Å². The third-order valence-corrected chi connectivity index (χ3v) is 12.8. The van der Waals surface area contributed by atoms with Crippen LogP contribution in [0.4, 0.5) is 0 Å². The molecular formula is C38H55N. The minimum atomic E-state index is 0.853. The van der Waals surface area contributed by atoms with E-state index in [0.29, 0.717) is 0 Å². The number of nitrogens with one attached hydrogen (secondary N) is 1. The summed E-state index contributed by atoms with van der Waals surface area (Å²) in [4.78, 5) is 0. The zero-order valence-electron chi connectivity index (χ0n) is 24.8. The Bertz CT molecular complexity index is 1030. The third kappa shape index (κ3) is 5.73. The molecule has 0 amide bonds. The lowest BCUT2D eigenvalue weighted by Crippen LogP contribution is -2.41. The van der Waals surface area contributed by atoms with Crippen LogP contribution in [-0.2, 0) is 0 Å². The van der Waals surface area contributed by atoms with Crippen molar-refractivity contribution in [3.05, 3.63) is 58.2 Å². The summed E-state index contributed by atoms with van der Waals surface area (Å²) < 4.78 is 0. The summed E-state index contributed by atoms with van der Waals surface area (Å²) in [7, 11) is 0. The van der Waals surface area contributed by atoms with Crippen LogP contribution < -0.4 is 5.32 Å². The molecule has 0 radical (unpaired) electrons. The Kier molecular flexibility index (Phi) is 8.35. The number of fused-ring (bicyclic) bond motifs is 1. The second-order valence-electron chi connectivity index (χ2n) is 14.6. The molecule has 212 valence electrons. The first-order valence-electron chi connectivity index (χ1n) is 17.5. The first kappa shape index (κ1) is 26.6. The average Bonchev–Trinajstić information content (AvgIpc) is 3.57. The highest BCUT2D eigenvalue weighted by Crippen LogP contribution is 2.54. The molecule has 1 heterocycles. The summed E-state index contributed by atoms with van der Waals surface area (Å²) in [5.41, 5.74) is 8.85. The Morgan fingerprint density at radius 2 is 1.41 bits per heavy atom. The first-order chi connectivity index (χ1) is 19.3. The maximum atomic E-state index is 3.58. The summed E-state index contributed by atoms with van der Waals surface area (Å²) in [5.74, 6) is 6.62. The van der Waals surface area contributed by atoms with E-state index in [-0.39, 0.29) is 0 Å². The van der Waals surface area contributed by atoms with Crippen LogP contribution in [0.5, 0.6) is 0 Å². The van der Waals surface area contributed by atoms with Gasteiger partial charge < -0.3 is 5.32 Å². The molecule has 1 saturated heterocycles. The summed E-state index contributed by atoms with van der Waals surface area (Å²) in [5, 5.41) is 3.58. The highest BCUT2D eigenvalue weighted by Gasteiger charge is 2.44. The van der Waals surface area contributed by atoms with Crippen LogP contribution in [-0.4, -0.2) is 13.1 Å². The van der Waals surface area contributed by atoms with Gasteiger partial charge in [0.05, 0.1) is 0 Å². The summed E-state index contributed by atoms with van der Waals surface area (Å²) in [6, 6.07) is 0. The van der Waals surface area contributed by atoms with Crippen molar-refractivity contribution in [3.8, 4) is 0 Å². The molecule has 0 aromatic heterocycles. The van der Waals surface area contributed by atoms with Gasteiger partial charge in [0.1, 0.15) is 0 Å². The lowest BCUT2D eigenvalue weighted by molar-refractivity contribution is 0.0287. The molecule has 7 rings (SSSR count). The average molecular weight is 526 g/mol. The van der Waals surface area contributed by atoms with Crippen LogP contribution in [0.3, 0.4) is 0 Å². The van der Waals surface area contributed by atoms with E-state index in [2.05, 4.69) is 35.7 Å². The smallest absolute Gasteiger partial charge is 0.00173 e. The van der Waals surface area contributed by atoms with Crippen LogP contribution >= 0.6 is 0 Å². The topological polar surface area (TPSA) is 12.0 Å². The summed E-state index contributed by atoms with van der Waals surface area (Å²) >= 11 is 0. The van der Waals surface area contributed by atoms with E-state index in [1.165, 1.54) is 135 Å². The maximum Gasteiger partial charge on any atom is 0.00173 e. The molecule has 7 aliphatic rings. The minimum absolute atomic E-state index is 0.853. The van der Waals surface area contributed by atoms with Gasteiger partial charge in [-0.2, -0.15) is 0 Å². The van der Waals surface area contributed by atoms with Crippen molar-refractivity contribution in [2.75, 3.05) is 13.1 Å². The van der Waals surface area contributed by atoms with Crippen LogP contribution in [0.25, 0.3) is 0 Å². The molecule has 7 unspecified atom stereocenters. The molecule has 39 heavy (non-hydrogen) atoms. The van der Waals surface area contributed by atoms with E-state index in [1.807, 2.05) is 11.1 Å². The molecule has 0 aromatic rings. The normalized spacial score (nSPS) is 39.6. The van der Waals surface area contributed by atoms with Crippen molar-refractivity contribution < 1.29 is 0 Å². The minimum Gasteiger partial charge on any atom is -0.316 e. The maximum absolute atomic E-state index is 3.58. The molecule has 3 fully saturated rings. The molecule has 7 atom stereocenters. The number of hydrogen-bond acceptors (Lipinski definition) is 1. The largest absolute Gasteiger partial charge is 0.316 e. The molecule has 6 aliphatic carbocycles. The molecular weight excluding hydrogens is 470 g/mol. The van der Waals surface area contributed by atoms with Crippen LogP contribution in [0.15, 0.2) is 58.2 Å². The van der Waals surface area contributed by atoms with Gasteiger partial charge in [-0.1, -0.05) is 59.9 Å². The lowest BCUT2D eigenvalue weighted by Gasteiger charge is -2.50. The van der Waals surface area contributed by atoms with Gasteiger partial charge in [-0.3, -0.25) is 0 Å². The van der Waals surface area contributed by atoms with E-state index >= 15 is 0 Å². The van der Waals surface area contributed by atoms with Crippen molar-refractivity contribution >= 4 is 0 Å². The van der Waals surface area contributed by atoms with Crippen molar-refractivity contribution in [2.45, 2.75) is 122 Å². The Balaban J connectivity index is 0.983. The van der Waals surface area contributed by atoms with Gasteiger partial charge in [-0.05, 0) is 168 Å². The molecule has 1 nitrogen and oxygen atoms in total. The lowest BCUT2D eigenvalue weighted by atomic mass is 9.55. The van der Waals surface area contributed by atoms with Crippen molar-refractivity contribution in [2.24, 2.45) is 41.4 Å². The molecule has 0 spiro atoms. The van der Waals surface area contributed by atoms with Gasteiger partial charge in [-0.15, -0.1) is 0 Å². The second-order valence-corrected chi connectivity index (χ2v) is 14.6. The van der Waals surface area contributed by atoms with E-state index in [0.717, 1.165) is 41.4 Å². The van der Waals surface area contributed by atoms with Crippen molar-refractivity contribution in [3.63, 3.8) is 0 Å². The van der Waals surface area contributed by atoms with Gasteiger partial charge in [0, 0.05) is 6.54 Å². The quantitative estimate of drug-likeness (QED) is 0.352. The van der Waals surface area contributed by atoms with E-state index in [9.17, 15) is 0 Å². The fraction of sp³-hybridized carbons (Fsp3) is 0.737. The predicted molar refractivity (Wildman–Crippen MR) is 165 cm³/mol. The molecule has 0 aromatic carbocycles. The van der Waals surface area contributed by atoms with Gasteiger partial charge in [0.15, 0.2) is 0 Å². The monoisotopic (exact) mass is 525 g/mol. The fourth-order valence-corrected chi connectivity index (χ4v) is 10.6. The van der Waals surface area contributed by atoms with Gasteiger partial charge in [0.2, 0.25) is 0 Å². The molecule has 1 aliphatic heterocycles. The Labute approximate surface area is 239 Å². The standard InChI is InChI=1S/C38H55N/c1-2-6-27(7-3-1)28-14-18-32(19-15-28)35-22-23-36(38-9-5-4-8-37(35)38)33-20-16-30(17-21-33)29-10-12-31(13-11-29)34-24-25-39-26-34/h6,12,14,16,18,29,33-39H,1-5,7-11,13,15,17,19-26H2. The SMILES string of the molecule is C1=C(C2=CC=C(C3CCC(C4CC=C(C5CC=C(C6CCNC6)CC5)CC4)C4CCCCC34)CC2)CCCC1. The second kappa shape index (κ2) is 12.3. The third-order valence-electron chi connectivity index (χ3n) is 12.8. The molecule has 2 saturated carbocycles. The molecule has 0 bridgehead atoms. The van der Waals surface area contributed by atoms with Crippen LogP contribution in [0.1, 0.15) is 122 Å². The zero-order chi connectivity index (χ0) is 26.0. The van der Waals surface area contributed by atoms with Crippen LogP contribution in [0, 0.1) is 41.4 Å². The van der Waals surface area contributed by atoms with Crippen LogP contribution in [0.2, 0.25) is 0 Å². The Morgan fingerprint density at radius 3 is 2.13 bits per heavy atom. The number of hydrogen-bond donors (Lipinski definition) is 1. The van der Waals surface area contributed by atoms with E-state index in [1.54, 1.807) is 16.7 Å². The highest BCUT2D eigenvalue weighted by molar-refractivity contribution is 5.39. The van der Waals surface area contributed by atoms with Gasteiger partial charge >= 0.3 is 0 Å². The van der Waals surface area contributed by atoms with Gasteiger partial charge in [-0.25, -0.2) is 0 Å². The van der Waals surface area contributed by atoms with Crippen molar-refractivity contribution in [1.29, 1.82) is 0 Å². The highest BCUT2D eigenvalue weighted by atomic mass is 14.9. The first-order valence-corrected chi connectivity index (χ1v) is 17.5.